The Bertz CT molecular complexity index is 808. The van der Waals surface area contributed by atoms with Gasteiger partial charge in [0.25, 0.3) is 0 Å². The van der Waals surface area contributed by atoms with Crippen LogP contribution in [-0.4, -0.2) is 49.6 Å². The smallest absolute Gasteiger partial charge is 0.407 e. The fourth-order valence-corrected chi connectivity index (χ4v) is 2.07. The first kappa shape index (κ1) is 17.2. The van der Waals surface area contributed by atoms with Crippen LogP contribution in [0.25, 0.3) is 11.3 Å². The lowest BCUT2D eigenvalue weighted by Crippen LogP contribution is -2.27. The van der Waals surface area contributed by atoms with Crippen LogP contribution < -0.4 is 0 Å². The molecule has 24 heavy (non-hydrogen) atoms. The quantitative estimate of drug-likeness (QED) is 0.655. The molecule has 1 amide bonds. The molecule has 0 saturated carbocycles. The van der Waals surface area contributed by atoms with E-state index in [1.54, 1.807) is 0 Å². The Morgan fingerprint density at radius 2 is 2.08 bits per heavy atom. The average molecular weight is 341 g/mol. The summed E-state index contributed by atoms with van der Waals surface area (Å²) >= 11 is 0. The van der Waals surface area contributed by atoms with E-state index in [0.29, 0.717) is 6.07 Å². The van der Waals surface area contributed by atoms with Gasteiger partial charge in [-0.2, -0.15) is 19.4 Å². The Morgan fingerprint density at radius 3 is 2.67 bits per heavy atom. The van der Waals surface area contributed by atoms with Crippen LogP contribution in [0.5, 0.6) is 0 Å². The maximum atomic E-state index is 14.3. The zero-order chi connectivity index (χ0) is 18.0. The number of nitrogens with zero attached hydrogens (tertiary/aromatic N) is 5. The van der Waals surface area contributed by atoms with Gasteiger partial charge in [0.2, 0.25) is 5.82 Å². The molecule has 0 aliphatic carbocycles. The minimum Gasteiger partial charge on any atom is -0.465 e. The number of amides is 1. The van der Waals surface area contributed by atoms with Crippen molar-refractivity contribution in [1.82, 2.24) is 19.9 Å². The molecule has 0 spiro atoms. The fourth-order valence-electron chi connectivity index (χ4n) is 2.07. The third-order valence-corrected chi connectivity index (χ3v) is 3.26. The summed E-state index contributed by atoms with van der Waals surface area (Å²) < 4.78 is 27.9. The van der Waals surface area contributed by atoms with Gasteiger partial charge < -0.3 is 10.0 Å². The molecule has 0 fully saturated rings. The van der Waals surface area contributed by atoms with Gasteiger partial charge in [0, 0.05) is 32.6 Å². The van der Waals surface area contributed by atoms with Gasteiger partial charge in [-0.05, 0) is 6.07 Å². The molecular formula is C13H13F2N5O4. The van der Waals surface area contributed by atoms with Crippen LogP contribution in [0.2, 0.25) is 0 Å². The lowest BCUT2D eigenvalue weighted by atomic mass is 10.1. The van der Waals surface area contributed by atoms with Crippen molar-refractivity contribution < 1.29 is 23.6 Å². The summed E-state index contributed by atoms with van der Waals surface area (Å²) in [5, 5.41) is 27.6. The van der Waals surface area contributed by atoms with Gasteiger partial charge >= 0.3 is 11.8 Å². The molecule has 1 aromatic carbocycles. The van der Waals surface area contributed by atoms with Crippen LogP contribution in [0.1, 0.15) is 5.69 Å². The van der Waals surface area contributed by atoms with Crippen LogP contribution in [0, 0.1) is 21.7 Å². The van der Waals surface area contributed by atoms with Gasteiger partial charge in [-0.25, -0.2) is 9.18 Å². The predicted octanol–water partition coefficient (Wildman–Crippen LogP) is 1.82. The van der Waals surface area contributed by atoms with Crippen LogP contribution in [0.3, 0.4) is 0 Å². The highest BCUT2D eigenvalue weighted by Gasteiger charge is 2.25. The molecule has 1 aromatic heterocycles. The van der Waals surface area contributed by atoms with Crippen molar-refractivity contribution in [2.45, 2.75) is 6.42 Å². The number of hydrogen-bond donors (Lipinski definition) is 1. The van der Waals surface area contributed by atoms with Crippen molar-refractivity contribution in [3.05, 3.63) is 39.6 Å². The average Bonchev–Trinajstić information content (AvgIpc) is 2.87. The molecule has 9 nitrogen and oxygen atoms in total. The molecule has 0 aliphatic rings. The first-order chi connectivity index (χ1) is 11.2. The second kappa shape index (κ2) is 6.56. The van der Waals surface area contributed by atoms with E-state index in [0.717, 1.165) is 15.8 Å². The standard InChI is InChI=1S/C13H13F2N5O4/c1-18(13(21)22)4-3-9-12(17-19(2)16-9)8-5-7(14)6-10(11(8)15)20(23)24/h5-6H,3-4H2,1-2H3,(H,21,22). The second-order valence-electron chi connectivity index (χ2n) is 4.98. The van der Waals surface area contributed by atoms with Crippen molar-refractivity contribution in [2.24, 2.45) is 7.05 Å². The topological polar surface area (TPSA) is 114 Å². The number of rotatable bonds is 5. The van der Waals surface area contributed by atoms with Gasteiger partial charge in [0.05, 0.1) is 16.7 Å². The number of aryl methyl sites for hydroxylation is 1. The molecule has 2 rings (SSSR count). The normalized spacial score (nSPS) is 10.7. The van der Waals surface area contributed by atoms with Crippen molar-refractivity contribution in [2.75, 3.05) is 13.6 Å². The van der Waals surface area contributed by atoms with E-state index in [1.807, 2.05) is 0 Å². The van der Waals surface area contributed by atoms with E-state index < -0.39 is 33.9 Å². The van der Waals surface area contributed by atoms with E-state index in [4.69, 9.17) is 5.11 Å². The monoisotopic (exact) mass is 341 g/mol. The van der Waals surface area contributed by atoms with E-state index in [9.17, 15) is 23.7 Å². The van der Waals surface area contributed by atoms with Gasteiger partial charge in [-0.1, -0.05) is 0 Å². The maximum absolute atomic E-state index is 14.3. The first-order valence-electron chi connectivity index (χ1n) is 6.68. The molecule has 2 aromatic rings. The molecule has 0 unspecified atom stereocenters. The Labute approximate surface area is 134 Å². The number of benzene rings is 1. The molecule has 0 radical (unpaired) electrons. The molecule has 0 aliphatic heterocycles. The third kappa shape index (κ3) is 3.45. The van der Waals surface area contributed by atoms with Crippen molar-refractivity contribution >= 4 is 11.8 Å². The van der Waals surface area contributed by atoms with E-state index >= 15 is 0 Å². The van der Waals surface area contributed by atoms with Crippen molar-refractivity contribution in [3.8, 4) is 11.3 Å². The molecule has 0 atom stereocenters. The summed E-state index contributed by atoms with van der Waals surface area (Å²) in [6.45, 7) is 0.0417. The number of aromatic nitrogens is 3. The Morgan fingerprint density at radius 1 is 1.42 bits per heavy atom. The molecule has 11 heteroatoms. The molecule has 1 N–H and O–H groups in total. The molecular weight excluding hydrogens is 328 g/mol. The number of nitro benzene ring substituents is 1. The summed E-state index contributed by atoms with van der Waals surface area (Å²) in [4.78, 5) is 22.7. The van der Waals surface area contributed by atoms with E-state index in [-0.39, 0.29) is 24.4 Å². The molecule has 128 valence electrons. The number of likely N-dealkylation sites (N-methyl/N-ethyl adjacent to an activating group) is 1. The number of nitro groups is 1. The van der Waals surface area contributed by atoms with Crippen LogP contribution in [0.15, 0.2) is 12.1 Å². The van der Waals surface area contributed by atoms with Crippen molar-refractivity contribution in [3.63, 3.8) is 0 Å². The SMILES string of the molecule is CN(CCc1nn(C)nc1-c1cc(F)cc([N+](=O)[O-])c1F)C(=O)O. The predicted molar refractivity (Wildman–Crippen MR) is 77.4 cm³/mol. The Hall–Kier alpha value is -3.11. The lowest BCUT2D eigenvalue weighted by molar-refractivity contribution is -0.387. The second-order valence-corrected chi connectivity index (χ2v) is 4.98. The van der Waals surface area contributed by atoms with Crippen LogP contribution in [0.4, 0.5) is 19.3 Å². The fraction of sp³-hybridized carbons (Fsp3) is 0.308. The Kier molecular flexibility index (Phi) is 4.71. The largest absolute Gasteiger partial charge is 0.465 e. The van der Waals surface area contributed by atoms with E-state index in [1.165, 1.54) is 14.1 Å². The summed E-state index contributed by atoms with van der Waals surface area (Å²) in [5.41, 5.74) is -1.28. The number of halogens is 2. The number of hydrogen-bond acceptors (Lipinski definition) is 5. The third-order valence-electron chi connectivity index (χ3n) is 3.26. The van der Waals surface area contributed by atoms with Crippen LogP contribution >= 0.6 is 0 Å². The van der Waals surface area contributed by atoms with Crippen LogP contribution in [-0.2, 0) is 13.5 Å². The highest BCUT2D eigenvalue weighted by Crippen LogP contribution is 2.31. The van der Waals surface area contributed by atoms with Gasteiger partial charge in [0.1, 0.15) is 11.5 Å². The van der Waals surface area contributed by atoms with Gasteiger partial charge in [0.15, 0.2) is 0 Å². The van der Waals surface area contributed by atoms with E-state index in [2.05, 4.69) is 10.2 Å². The van der Waals surface area contributed by atoms with Gasteiger partial charge in [-0.15, -0.1) is 0 Å². The lowest BCUT2D eigenvalue weighted by Gasteiger charge is -2.11. The molecule has 1 heterocycles. The minimum absolute atomic E-state index is 0.0417. The maximum Gasteiger partial charge on any atom is 0.407 e. The Balaban J connectivity index is 2.46. The summed E-state index contributed by atoms with van der Waals surface area (Å²) in [5.74, 6) is -2.22. The summed E-state index contributed by atoms with van der Waals surface area (Å²) in [7, 11) is 2.78. The van der Waals surface area contributed by atoms with Gasteiger partial charge in [-0.3, -0.25) is 10.1 Å². The minimum atomic E-state index is -1.23. The zero-order valence-corrected chi connectivity index (χ0v) is 12.7. The number of carbonyl (C=O) groups is 1. The molecule has 0 saturated heterocycles. The first-order valence-corrected chi connectivity index (χ1v) is 6.68. The summed E-state index contributed by atoms with van der Waals surface area (Å²) in [6, 6.07) is 1.27. The molecule has 0 bridgehead atoms. The number of carboxylic acid groups (broad SMARTS) is 1. The summed E-state index contributed by atoms with van der Waals surface area (Å²) in [6.07, 6.45) is -1.08. The highest BCUT2D eigenvalue weighted by atomic mass is 19.1. The highest BCUT2D eigenvalue weighted by molar-refractivity contribution is 5.66. The van der Waals surface area contributed by atoms with Crippen molar-refractivity contribution in [1.29, 1.82) is 0 Å². The zero-order valence-electron chi connectivity index (χ0n) is 12.7.